The van der Waals surface area contributed by atoms with Gasteiger partial charge in [-0.25, -0.2) is 9.18 Å². The molecule has 35 heavy (non-hydrogen) atoms. The number of hydrogen-bond acceptors (Lipinski definition) is 2. The van der Waals surface area contributed by atoms with E-state index in [1.165, 1.54) is 103 Å². The highest BCUT2D eigenvalue weighted by Crippen LogP contribution is 2.21. The monoisotopic (exact) mass is 498 g/mol. The second-order valence-electron chi connectivity index (χ2n) is 11.2. The molecule has 0 spiro atoms. The van der Waals surface area contributed by atoms with E-state index < -0.39 is 12.1 Å². The van der Waals surface area contributed by atoms with Crippen LogP contribution in [0.3, 0.4) is 0 Å². The van der Waals surface area contributed by atoms with Crippen LogP contribution in [0.15, 0.2) is 0 Å². The van der Waals surface area contributed by atoms with Crippen molar-refractivity contribution in [3.8, 4) is 0 Å². The Morgan fingerprint density at radius 1 is 0.543 bits per heavy atom. The summed E-state index contributed by atoms with van der Waals surface area (Å²) in [6.45, 7) is 9.03. The Balaban J connectivity index is 4.06. The second kappa shape index (κ2) is 26.5. The van der Waals surface area contributed by atoms with Gasteiger partial charge >= 0.3 is 5.97 Å². The van der Waals surface area contributed by atoms with E-state index >= 15 is 0 Å². The van der Waals surface area contributed by atoms with Crippen LogP contribution in [-0.4, -0.2) is 18.2 Å². The molecular weight excluding hydrogens is 435 g/mol. The zero-order chi connectivity index (χ0) is 26.0. The van der Waals surface area contributed by atoms with E-state index in [4.69, 9.17) is 4.74 Å². The molecule has 210 valence electrons. The van der Waals surface area contributed by atoms with Crippen molar-refractivity contribution in [2.45, 2.75) is 194 Å². The van der Waals surface area contributed by atoms with Gasteiger partial charge in [-0.05, 0) is 44.4 Å². The van der Waals surface area contributed by atoms with Gasteiger partial charge in [0.1, 0.15) is 6.10 Å². The summed E-state index contributed by atoms with van der Waals surface area (Å²) in [6.07, 6.45) is 26.4. The van der Waals surface area contributed by atoms with Gasteiger partial charge in [0.05, 0.1) is 0 Å². The summed E-state index contributed by atoms with van der Waals surface area (Å²) in [5, 5.41) is 0. The van der Waals surface area contributed by atoms with Gasteiger partial charge < -0.3 is 4.74 Å². The van der Waals surface area contributed by atoms with Crippen LogP contribution in [0.2, 0.25) is 0 Å². The lowest BCUT2D eigenvalue weighted by molar-refractivity contribution is -0.156. The first-order valence-corrected chi connectivity index (χ1v) is 15.9. The van der Waals surface area contributed by atoms with Gasteiger partial charge in [-0.15, -0.1) is 0 Å². The van der Waals surface area contributed by atoms with Crippen molar-refractivity contribution >= 4 is 5.97 Å². The highest BCUT2D eigenvalue weighted by molar-refractivity contribution is 5.74. The first kappa shape index (κ1) is 34.4. The molecular formula is C32H63FO2. The number of rotatable bonds is 27. The minimum atomic E-state index is -1.45. The smallest absolute Gasteiger partial charge is 0.340 e. The summed E-state index contributed by atoms with van der Waals surface area (Å²) in [4.78, 5) is 12.4. The Morgan fingerprint density at radius 2 is 0.886 bits per heavy atom. The van der Waals surface area contributed by atoms with Crippen molar-refractivity contribution in [1.82, 2.24) is 0 Å². The number of esters is 1. The van der Waals surface area contributed by atoms with Gasteiger partial charge in [0.15, 0.2) is 6.17 Å². The maximum Gasteiger partial charge on any atom is 0.340 e. The van der Waals surface area contributed by atoms with Gasteiger partial charge in [-0.1, -0.05) is 143 Å². The van der Waals surface area contributed by atoms with Crippen LogP contribution >= 0.6 is 0 Å². The van der Waals surface area contributed by atoms with Gasteiger partial charge in [-0.3, -0.25) is 0 Å². The summed E-state index contributed by atoms with van der Waals surface area (Å²) in [6, 6.07) is 0. The van der Waals surface area contributed by atoms with Gasteiger partial charge in [-0.2, -0.15) is 0 Å². The minimum Gasteiger partial charge on any atom is -0.460 e. The normalized spacial score (nSPS) is 13.3. The van der Waals surface area contributed by atoms with Crippen LogP contribution in [0, 0.1) is 5.92 Å². The summed E-state index contributed by atoms with van der Waals surface area (Å²) in [5.74, 6) is 0.105. The molecule has 2 atom stereocenters. The van der Waals surface area contributed by atoms with Gasteiger partial charge in [0, 0.05) is 0 Å². The van der Waals surface area contributed by atoms with E-state index in [1.807, 2.05) is 0 Å². The van der Waals surface area contributed by atoms with Crippen LogP contribution in [-0.2, 0) is 9.53 Å². The zero-order valence-corrected chi connectivity index (χ0v) is 24.4. The molecule has 0 bridgehead atoms. The molecule has 0 aliphatic heterocycles. The minimum absolute atomic E-state index is 0.0917. The van der Waals surface area contributed by atoms with E-state index in [0.717, 1.165) is 44.9 Å². The lowest BCUT2D eigenvalue weighted by Gasteiger charge is -2.19. The maximum absolute atomic E-state index is 14.6. The third-order valence-corrected chi connectivity index (χ3v) is 7.50. The topological polar surface area (TPSA) is 26.3 Å². The Kier molecular flexibility index (Phi) is 26.0. The van der Waals surface area contributed by atoms with Crippen LogP contribution in [0.25, 0.3) is 0 Å². The molecule has 2 nitrogen and oxygen atoms in total. The third kappa shape index (κ3) is 23.5. The molecule has 0 rings (SSSR count). The number of ether oxygens (including phenoxy) is 1. The molecule has 0 fully saturated rings. The molecule has 0 aromatic heterocycles. The number of unbranched alkanes of at least 4 members (excludes halogenated alkanes) is 15. The summed E-state index contributed by atoms with van der Waals surface area (Å²) < 4.78 is 20.3. The number of alkyl halides is 1. The lowest BCUT2D eigenvalue weighted by Crippen LogP contribution is -2.25. The van der Waals surface area contributed by atoms with Crippen molar-refractivity contribution < 1.29 is 13.9 Å². The van der Waals surface area contributed by atoms with Crippen molar-refractivity contribution in [3.05, 3.63) is 0 Å². The molecule has 0 saturated heterocycles. The molecule has 0 heterocycles. The molecule has 0 aromatic rings. The van der Waals surface area contributed by atoms with Crippen molar-refractivity contribution in [2.24, 2.45) is 5.92 Å². The van der Waals surface area contributed by atoms with Crippen LogP contribution in [0.4, 0.5) is 4.39 Å². The fourth-order valence-corrected chi connectivity index (χ4v) is 4.98. The predicted molar refractivity (Wildman–Crippen MR) is 152 cm³/mol. The Hall–Kier alpha value is -0.600. The highest BCUT2D eigenvalue weighted by Gasteiger charge is 2.22. The average Bonchev–Trinajstić information content (AvgIpc) is 2.85. The molecule has 0 saturated carbocycles. The SMILES string of the molecule is CCCCCCCCC[C@@H](C)CCCCC(F)C(=O)OC(CCCCCCC)CCCCCCC. The summed E-state index contributed by atoms with van der Waals surface area (Å²) in [5.41, 5.74) is 0. The highest BCUT2D eigenvalue weighted by atomic mass is 19.1. The largest absolute Gasteiger partial charge is 0.460 e. The van der Waals surface area contributed by atoms with Gasteiger partial charge in [0.2, 0.25) is 0 Å². The molecule has 0 N–H and O–H groups in total. The molecule has 0 aromatic carbocycles. The fourth-order valence-electron chi connectivity index (χ4n) is 4.98. The number of halogens is 1. The van der Waals surface area contributed by atoms with E-state index in [-0.39, 0.29) is 6.10 Å². The first-order valence-electron chi connectivity index (χ1n) is 15.9. The quantitative estimate of drug-likeness (QED) is 0.0831. The van der Waals surface area contributed by atoms with Crippen LogP contribution < -0.4 is 0 Å². The van der Waals surface area contributed by atoms with Gasteiger partial charge in [0.25, 0.3) is 0 Å². The van der Waals surface area contributed by atoms with Crippen LogP contribution in [0.5, 0.6) is 0 Å². The number of carbonyl (C=O) groups excluding carboxylic acids is 1. The summed E-state index contributed by atoms with van der Waals surface area (Å²) in [7, 11) is 0. The maximum atomic E-state index is 14.6. The lowest BCUT2D eigenvalue weighted by atomic mass is 9.96. The number of carbonyl (C=O) groups is 1. The first-order chi connectivity index (χ1) is 17.0. The third-order valence-electron chi connectivity index (χ3n) is 7.50. The predicted octanol–water partition coefficient (Wildman–Crippen LogP) is 11.3. The zero-order valence-electron chi connectivity index (χ0n) is 24.4. The Bertz CT molecular complexity index is 425. The molecule has 0 amide bonds. The second-order valence-corrected chi connectivity index (χ2v) is 11.2. The molecule has 0 radical (unpaired) electrons. The Labute approximate surface area is 219 Å². The van der Waals surface area contributed by atoms with Crippen molar-refractivity contribution in [1.29, 1.82) is 0 Å². The van der Waals surface area contributed by atoms with E-state index in [2.05, 4.69) is 27.7 Å². The molecule has 3 heteroatoms. The summed E-state index contributed by atoms with van der Waals surface area (Å²) >= 11 is 0. The van der Waals surface area contributed by atoms with Crippen molar-refractivity contribution in [3.63, 3.8) is 0 Å². The number of hydrogen-bond donors (Lipinski definition) is 0. The van der Waals surface area contributed by atoms with E-state index in [0.29, 0.717) is 12.3 Å². The Morgan fingerprint density at radius 3 is 1.34 bits per heavy atom. The van der Waals surface area contributed by atoms with Crippen LogP contribution in [0.1, 0.15) is 182 Å². The standard InChI is InChI=1S/C32H63FO2/c1-5-8-11-14-15-18-19-24-29(4)25-22-23-28-31(33)32(34)35-30(26-20-16-12-9-6-2)27-21-17-13-10-7-3/h29-31H,5-28H2,1-4H3/t29-,31?/m1/s1. The molecule has 0 aliphatic carbocycles. The fraction of sp³-hybridized carbons (Fsp3) is 0.969. The van der Waals surface area contributed by atoms with E-state index in [9.17, 15) is 9.18 Å². The average molecular weight is 499 g/mol. The van der Waals surface area contributed by atoms with Crippen molar-refractivity contribution in [2.75, 3.05) is 0 Å². The van der Waals surface area contributed by atoms with E-state index in [1.54, 1.807) is 0 Å². The molecule has 0 aliphatic rings. The molecule has 1 unspecified atom stereocenters.